The average molecular weight is 339 g/mol. The smallest absolute Gasteiger partial charge is 0.390 e. The van der Waals surface area contributed by atoms with Crippen molar-refractivity contribution in [2.45, 2.75) is 32.2 Å². The average Bonchev–Trinajstić information content (AvgIpc) is 2.53. The van der Waals surface area contributed by atoms with Crippen LogP contribution in [0, 0.1) is 0 Å². The van der Waals surface area contributed by atoms with Gasteiger partial charge >= 0.3 is 6.18 Å². The molecule has 0 saturated heterocycles. The van der Waals surface area contributed by atoms with Crippen LogP contribution in [0.25, 0.3) is 0 Å². The fraction of sp³-hybridized carbons (Fsp3) is 0.333. The molecule has 0 aromatic heterocycles. The maximum Gasteiger partial charge on any atom is 0.390 e. The first-order valence-corrected chi connectivity index (χ1v) is 7.65. The van der Waals surface area contributed by atoms with Gasteiger partial charge in [0.1, 0.15) is 6.61 Å². The van der Waals surface area contributed by atoms with Crippen LogP contribution in [-0.2, 0) is 6.61 Å². The van der Waals surface area contributed by atoms with E-state index in [-0.39, 0.29) is 0 Å². The topological polar surface area (TPSA) is 44.5 Å². The summed E-state index contributed by atoms with van der Waals surface area (Å²) in [4.78, 5) is 0. The van der Waals surface area contributed by atoms with Gasteiger partial charge in [-0.15, -0.1) is 0 Å². The second-order valence-electron chi connectivity index (χ2n) is 5.34. The highest BCUT2D eigenvalue weighted by Gasteiger charge is 2.31. The summed E-state index contributed by atoms with van der Waals surface area (Å²) >= 11 is 0. The lowest BCUT2D eigenvalue weighted by Gasteiger charge is -2.18. The molecule has 2 aromatic rings. The standard InChI is InChI=1S/C18H20F3NO2/c1-2-23-17-10-14(15(22)11-18(19,20)21)8-9-16(17)24-12-13-6-4-3-5-7-13/h3-10,15H,2,11-12,22H2,1H3/t15-/m1/s1. The predicted octanol–water partition coefficient (Wildman–Crippen LogP) is 4.62. The zero-order valence-electron chi connectivity index (χ0n) is 13.3. The second kappa shape index (κ2) is 8.06. The van der Waals surface area contributed by atoms with E-state index in [1.807, 2.05) is 30.3 Å². The van der Waals surface area contributed by atoms with Crippen LogP contribution in [0.4, 0.5) is 13.2 Å². The molecule has 0 saturated carbocycles. The third kappa shape index (κ3) is 5.45. The second-order valence-corrected chi connectivity index (χ2v) is 5.34. The summed E-state index contributed by atoms with van der Waals surface area (Å²) in [6.07, 6.45) is -5.39. The van der Waals surface area contributed by atoms with Crippen molar-refractivity contribution in [2.24, 2.45) is 5.73 Å². The number of hydrogen-bond donors (Lipinski definition) is 1. The van der Waals surface area contributed by atoms with Crippen molar-refractivity contribution in [3.8, 4) is 11.5 Å². The minimum atomic E-state index is -4.31. The molecule has 0 aliphatic heterocycles. The van der Waals surface area contributed by atoms with Gasteiger partial charge in [-0.2, -0.15) is 13.2 Å². The van der Waals surface area contributed by atoms with Crippen molar-refractivity contribution >= 4 is 0 Å². The first-order valence-electron chi connectivity index (χ1n) is 7.65. The van der Waals surface area contributed by atoms with Gasteiger partial charge in [-0.3, -0.25) is 0 Å². The van der Waals surface area contributed by atoms with Gasteiger partial charge in [0.05, 0.1) is 13.0 Å². The van der Waals surface area contributed by atoms with Crippen molar-refractivity contribution in [3.05, 3.63) is 59.7 Å². The highest BCUT2D eigenvalue weighted by molar-refractivity contribution is 5.44. The molecule has 3 nitrogen and oxygen atoms in total. The Labute approximate surface area is 139 Å². The van der Waals surface area contributed by atoms with E-state index in [9.17, 15) is 13.2 Å². The lowest BCUT2D eigenvalue weighted by molar-refractivity contribution is -0.138. The van der Waals surface area contributed by atoms with E-state index < -0.39 is 18.6 Å². The van der Waals surface area contributed by atoms with Crippen LogP contribution in [0.15, 0.2) is 48.5 Å². The van der Waals surface area contributed by atoms with E-state index in [1.54, 1.807) is 19.1 Å². The summed E-state index contributed by atoms with van der Waals surface area (Å²) in [7, 11) is 0. The lowest BCUT2D eigenvalue weighted by Crippen LogP contribution is -2.20. The Balaban J connectivity index is 2.13. The molecule has 0 heterocycles. The molecule has 130 valence electrons. The molecule has 0 unspecified atom stereocenters. The van der Waals surface area contributed by atoms with Crippen LogP contribution in [0.1, 0.15) is 30.5 Å². The minimum absolute atomic E-state index is 0.342. The zero-order chi connectivity index (χ0) is 17.6. The molecule has 0 aliphatic rings. The molecule has 1 atom stereocenters. The highest BCUT2D eigenvalue weighted by Crippen LogP contribution is 2.34. The van der Waals surface area contributed by atoms with Gasteiger partial charge in [0.15, 0.2) is 11.5 Å². The summed E-state index contributed by atoms with van der Waals surface area (Å²) in [5.41, 5.74) is 6.99. The predicted molar refractivity (Wildman–Crippen MR) is 86.0 cm³/mol. The molecular weight excluding hydrogens is 319 g/mol. The molecule has 2 aromatic carbocycles. The van der Waals surface area contributed by atoms with E-state index in [0.717, 1.165) is 5.56 Å². The summed E-state index contributed by atoms with van der Waals surface area (Å²) in [6.45, 7) is 2.51. The minimum Gasteiger partial charge on any atom is -0.490 e. The normalized spacial score (nSPS) is 12.7. The molecule has 0 amide bonds. The number of rotatable bonds is 7. The molecule has 0 aliphatic carbocycles. The fourth-order valence-electron chi connectivity index (χ4n) is 2.25. The number of hydrogen-bond acceptors (Lipinski definition) is 3. The van der Waals surface area contributed by atoms with Crippen molar-refractivity contribution < 1.29 is 22.6 Å². The number of alkyl halides is 3. The Morgan fingerprint density at radius 3 is 2.33 bits per heavy atom. The molecule has 6 heteroatoms. The first kappa shape index (κ1) is 18.1. The van der Waals surface area contributed by atoms with Crippen molar-refractivity contribution in [3.63, 3.8) is 0 Å². The summed E-state index contributed by atoms with van der Waals surface area (Å²) in [5, 5.41) is 0. The molecule has 0 bridgehead atoms. The van der Waals surface area contributed by atoms with Crippen LogP contribution in [0.5, 0.6) is 11.5 Å². The lowest BCUT2D eigenvalue weighted by atomic mass is 10.0. The van der Waals surface area contributed by atoms with E-state index in [4.69, 9.17) is 15.2 Å². The molecule has 24 heavy (non-hydrogen) atoms. The molecule has 0 radical (unpaired) electrons. The van der Waals surface area contributed by atoms with Gasteiger partial charge in [-0.25, -0.2) is 0 Å². The maximum absolute atomic E-state index is 12.5. The number of ether oxygens (including phenoxy) is 2. The van der Waals surface area contributed by atoms with E-state index in [0.29, 0.717) is 30.3 Å². The van der Waals surface area contributed by atoms with Gasteiger partial charge in [-0.1, -0.05) is 36.4 Å². The van der Waals surface area contributed by atoms with Gasteiger partial charge in [0.25, 0.3) is 0 Å². The molecule has 0 fully saturated rings. The quantitative estimate of drug-likeness (QED) is 0.801. The van der Waals surface area contributed by atoms with Crippen LogP contribution in [0.2, 0.25) is 0 Å². The van der Waals surface area contributed by atoms with Crippen LogP contribution in [-0.4, -0.2) is 12.8 Å². The first-order chi connectivity index (χ1) is 11.4. The van der Waals surface area contributed by atoms with Crippen molar-refractivity contribution in [1.29, 1.82) is 0 Å². The summed E-state index contributed by atoms with van der Waals surface area (Å²) in [5.74, 6) is 0.868. The summed E-state index contributed by atoms with van der Waals surface area (Å²) < 4.78 is 48.7. The third-order valence-corrected chi connectivity index (χ3v) is 3.38. The largest absolute Gasteiger partial charge is 0.490 e. The van der Waals surface area contributed by atoms with E-state index in [1.165, 1.54) is 6.07 Å². The monoisotopic (exact) mass is 339 g/mol. The van der Waals surface area contributed by atoms with Crippen molar-refractivity contribution in [1.82, 2.24) is 0 Å². The van der Waals surface area contributed by atoms with E-state index in [2.05, 4.69) is 0 Å². The van der Waals surface area contributed by atoms with Crippen LogP contribution < -0.4 is 15.2 Å². The Morgan fingerprint density at radius 2 is 1.71 bits per heavy atom. The zero-order valence-corrected chi connectivity index (χ0v) is 13.3. The Kier molecular flexibility index (Phi) is 6.09. The van der Waals surface area contributed by atoms with Gasteiger partial charge in [0, 0.05) is 6.04 Å². The third-order valence-electron chi connectivity index (χ3n) is 3.38. The molecular formula is C18H20F3NO2. The SMILES string of the molecule is CCOc1cc([C@H](N)CC(F)(F)F)ccc1OCc1ccccc1. The van der Waals surface area contributed by atoms with Crippen LogP contribution in [0.3, 0.4) is 0 Å². The molecule has 2 N–H and O–H groups in total. The number of benzene rings is 2. The Hall–Kier alpha value is -2.21. The van der Waals surface area contributed by atoms with Gasteiger partial charge in [0.2, 0.25) is 0 Å². The Bertz CT molecular complexity index is 644. The van der Waals surface area contributed by atoms with Gasteiger partial charge in [-0.05, 0) is 30.2 Å². The Morgan fingerprint density at radius 1 is 1.00 bits per heavy atom. The maximum atomic E-state index is 12.5. The van der Waals surface area contributed by atoms with E-state index >= 15 is 0 Å². The fourth-order valence-corrected chi connectivity index (χ4v) is 2.25. The summed E-state index contributed by atoms with van der Waals surface area (Å²) in [6, 6.07) is 13.1. The highest BCUT2D eigenvalue weighted by atomic mass is 19.4. The molecule has 0 spiro atoms. The number of halogens is 3. The van der Waals surface area contributed by atoms with Gasteiger partial charge < -0.3 is 15.2 Å². The van der Waals surface area contributed by atoms with Crippen LogP contribution >= 0.6 is 0 Å². The van der Waals surface area contributed by atoms with Crippen molar-refractivity contribution in [2.75, 3.05) is 6.61 Å². The molecule has 2 rings (SSSR count). The number of nitrogens with two attached hydrogens (primary N) is 1.